The number of aryl methyl sites for hydroxylation is 1. The summed E-state index contributed by atoms with van der Waals surface area (Å²) in [6.45, 7) is 4.35. The fourth-order valence-electron chi connectivity index (χ4n) is 5.26. The number of amides is 1. The number of likely N-dealkylation sites (tertiary alicyclic amines) is 1. The fraction of sp³-hybridized carbons (Fsp3) is 0.481. The van der Waals surface area contributed by atoms with E-state index in [1.165, 1.54) is 11.8 Å². The first-order chi connectivity index (χ1) is 16.4. The van der Waals surface area contributed by atoms with Crippen molar-refractivity contribution >= 4 is 23.6 Å². The van der Waals surface area contributed by atoms with Crippen LogP contribution >= 0.6 is 11.8 Å². The van der Waals surface area contributed by atoms with Crippen LogP contribution in [0.1, 0.15) is 62.6 Å². The molecule has 0 radical (unpaired) electrons. The van der Waals surface area contributed by atoms with Crippen LogP contribution in [0.4, 0.5) is 0 Å². The standard InChI is InChI=1S/C27H33NO5S/c1-4-33-23-16-19(12-15-22(23)32-3)25-27(26(30)31,34-21-13-10-18(2)11-14-21)17-24(29)28(25)20-8-6-5-7-9-20/h10-16,20,25H,4-9,17H2,1-3H3,(H,30,31)/t25-,27-/m1/s1. The highest BCUT2D eigenvalue weighted by atomic mass is 32.2. The lowest BCUT2D eigenvalue weighted by Gasteiger charge is -2.40. The van der Waals surface area contributed by atoms with Crippen molar-refractivity contribution < 1.29 is 24.2 Å². The third-order valence-corrected chi connectivity index (χ3v) is 8.29. The minimum atomic E-state index is -1.35. The van der Waals surface area contributed by atoms with Gasteiger partial charge in [0.2, 0.25) is 5.91 Å². The monoisotopic (exact) mass is 483 g/mol. The largest absolute Gasteiger partial charge is 0.493 e. The average Bonchev–Trinajstić information content (AvgIpc) is 3.14. The van der Waals surface area contributed by atoms with Gasteiger partial charge in [-0.2, -0.15) is 0 Å². The first-order valence-corrected chi connectivity index (χ1v) is 12.8. The molecule has 2 aromatic carbocycles. The maximum absolute atomic E-state index is 13.5. The van der Waals surface area contributed by atoms with Crippen LogP contribution in [0.2, 0.25) is 0 Å². The number of hydrogen-bond acceptors (Lipinski definition) is 5. The van der Waals surface area contributed by atoms with Crippen LogP contribution in [0.3, 0.4) is 0 Å². The summed E-state index contributed by atoms with van der Waals surface area (Å²) in [5.74, 6) is 0.0903. The Balaban J connectivity index is 1.85. The third-order valence-electron chi connectivity index (χ3n) is 6.88. The zero-order valence-corrected chi connectivity index (χ0v) is 20.9. The number of thioether (sulfide) groups is 1. The molecular weight excluding hydrogens is 450 g/mol. The van der Waals surface area contributed by atoms with Crippen LogP contribution in [-0.4, -0.2) is 46.4 Å². The molecule has 2 aromatic rings. The molecule has 2 atom stereocenters. The Bertz CT molecular complexity index is 1030. The average molecular weight is 484 g/mol. The van der Waals surface area contributed by atoms with Crippen molar-refractivity contribution in [3.63, 3.8) is 0 Å². The predicted octanol–water partition coefficient (Wildman–Crippen LogP) is 5.62. The van der Waals surface area contributed by atoms with E-state index in [0.29, 0.717) is 18.1 Å². The van der Waals surface area contributed by atoms with Crippen LogP contribution in [-0.2, 0) is 9.59 Å². The van der Waals surface area contributed by atoms with Gasteiger partial charge in [-0.05, 0) is 56.5 Å². The van der Waals surface area contributed by atoms with Gasteiger partial charge in [0.05, 0.1) is 26.2 Å². The number of rotatable bonds is 8. The Kier molecular flexibility index (Phi) is 7.41. The van der Waals surface area contributed by atoms with Gasteiger partial charge in [-0.3, -0.25) is 9.59 Å². The Hall–Kier alpha value is -2.67. The molecule has 7 heteroatoms. The predicted molar refractivity (Wildman–Crippen MR) is 133 cm³/mol. The van der Waals surface area contributed by atoms with Gasteiger partial charge in [0.1, 0.15) is 0 Å². The van der Waals surface area contributed by atoms with E-state index < -0.39 is 16.8 Å². The van der Waals surface area contributed by atoms with E-state index >= 15 is 0 Å². The molecule has 2 fully saturated rings. The molecule has 0 bridgehead atoms. The molecule has 0 spiro atoms. The molecule has 1 heterocycles. The summed E-state index contributed by atoms with van der Waals surface area (Å²) in [5.41, 5.74) is 1.87. The van der Waals surface area contributed by atoms with E-state index in [-0.39, 0.29) is 18.4 Å². The SMILES string of the molecule is CCOc1cc([C@H]2N(C3CCCCC3)C(=O)C[C@]2(Sc2ccc(C)cc2)C(=O)O)ccc1OC. The van der Waals surface area contributed by atoms with Gasteiger partial charge in [-0.25, -0.2) is 0 Å². The summed E-state index contributed by atoms with van der Waals surface area (Å²) in [5, 5.41) is 10.7. The number of benzene rings is 2. The quantitative estimate of drug-likeness (QED) is 0.525. The van der Waals surface area contributed by atoms with Crippen molar-refractivity contribution in [2.75, 3.05) is 13.7 Å². The van der Waals surface area contributed by atoms with Crippen molar-refractivity contribution in [2.45, 2.75) is 74.1 Å². The minimum Gasteiger partial charge on any atom is -0.493 e. The van der Waals surface area contributed by atoms with Crippen LogP contribution in [0.5, 0.6) is 11.5 Å². The Morgan fingerprint density at radius 3 is 2.44 bits per heavy atom. The first-order valence-electron chi connectivity index (χ1n) is 12.0. The van der Waals surface area contributed by atoms with Crippen molar-refractivity contribution in [1.82, 2.24) is 4.90 Å². The highest BCUT2D eigenvalue weighted by Crippen LogP contribution is 2.55. The lowest BCUT2D eigenvalue weighted by atomic mass is 9.89. The molecule has 0 aromatic heterocycles. The van der Waals surface area contributed by atoms with Crippen LogP contribution in [0, 0.1) is 6.92 Å². The fourth-order valence-corrected chi connectivity index (χ4v) is 6.60. The summed E-state index contributed by atoms with van der Waals surface area (Å²) in [4.78, 5) is 29.3. The van der Waals surface area contributed by atoms with Crippen LogP contribution < -0.4 is 9.47 Å². The van der Waals surface area contributed by atoms with Gasteiger partial charge >= 0.3 is 5.97 Å². The van der Waals surface area contributed by atoms with Gasteiger partial charge in [-0.15, -0.1) is 11.8 Å². The molecule has 0 unspecified atom stereocenters. The number of nitrogens with zero attached hydrogens (tertiary/aromatic N) is 1. The van der Waals surface area contributed by atoms with Gasteiger partial charge < -0.3 is 19.5 Å². The molecule has 1 saturated carbocycles. The van der Waals surface area contributed by atoms with Crippen LogP contribution in [0.15, 0.2) is 47.4 Å². The number of carbonyl (C=O) groups excluding carboxylic acids is 1. The molecule has 1 aliphatic heterocycles. The van der Waals surface area contributed by atoms with E-state index in [2.05, 4.69) is 0 Å². The summed E-state index contributed by atoms with van der Waals surface area (Å²) in [7, 11) is 1.58. The molecule has 1 saturated heterocycles. The molecule has 182 valence electrons. The number of carboxylic acid groups (broad SMARTS) is 1. The molecule has 34 heavy (non-hydrogen) atoms. The molecule has 1 amide bonds. The molecule has 1 N–H and O–H groups in total. The number of hydrogen-bond donors (Lipinski definition) is 1. The lowest BCUT2D eigenvalue weighted by Crippen LogP contribution is -2.45. The smallest absolute Gasteiger partial charge is 0.323 e. The second kappa shape index (κ2) is 10.3. The molecule has 6 nitrogen and oxygen atoms in total. The normalized spacial score (nSPS) is 23.2. The number of carboxylic acids is 1. The van der Waals surface area contributed by atoms with Crippen molar-refractivity contribution in [1.29, 1.82) is 0 Å². The maximum Gasteiger partial charge on any atom is 0.323 e. The zero-order chi connectivity index (χ0) is 24.3. The first kappa shape index (κ1) is 24.5. The van der Waals surface area contributed by atoms with Gasteiger partial charge in [-0.1, -0.05) is 43.0 Å². The molecule has 2 aliphatic rings. The van der Waals surface area contributed by atoms with Crippen molar-refractivity contribution in [3.05, 3.63) is 53.6 Å². The Morgan fingerprint density at radius 1 is 1.12 bits per heavy atom. The topological polar surface area (TPSA) is 76.1 Å². The van der Waals surface area contributed by atoms with Gasteiger partial charge in [0, 0.05) is 10.9 Å². The highest BCUT2D eigenvalue weighted by Gasteiger charge is 2.60. The summed E-state index contributed by atoms with van der Waals surface area (Å²) < 4.78 is 9.93. The number of carbonyl (C=O) groups is 2. The Labute approximate surface area is 205 Å². The minimum absolute atomic E-state index is 0.0436. The molecule has 1 aliphatic carbocycles. The number of methoxy groups -OCH3 is 1. The lowest BCUT2D eigenvalue weighted by molar-refractivity contribution is -0.140. The highest BCUT2D eigenvalue weighted by molar-refractivity contribution is 8.01. The van der Waals surface area contributed by atoms with Gasteiger partial charge in [0.25, 0.3) is 0 Å². The van der Waals surface area contributed by atoms with Crippen molar-refractivity contribution in [3.8, 4) is 11.5 Å². The van der Waals surface area contributed by atoms with E-state index in [1.807, 2.05) is 61.2 Å². The van der Waals surface area contributed by atoms with E-state index in [9.17, 15) is 14.7 Å². The zero-order valence-electron chi connectivity index (χ0n) is 20.1. The Morgan fingerprint density at radius 2 is 1.82 bits per heavy atom. The van der Waals surface area contributed by atoms with E-state index in [4.69, 9.17) is 9.47 Å². The second-order valence-electron chi connectivity index (χ2n) is 9.13. The van der Waals surface area contributed by atoms with Crippen LogP contribution in [0.25, 0.3) is 0 Å². The molecule has 4 rings (SSSR count). The summed E-state index contributed by atoms with van der Waals surface area (Å²) >= 11 is 1.28. The van der Waals surface area contributed by atoms with E-state index in [1.54, 1.807) is 7.11 Å². The second-order valence-corrected chi connectivity index (χ2v) is 10.5. The number of ether oxygens (including phenoxy) is 2. The summed E-state index contributed by atoms with van der Waals surface area (Å²) in [6, 6.07) is 12.8. The van der Waals surface area contributed by atoms with Gasteiger partial charge in [0.15, 0.2) is 16.2 Å². The summed E-state index contributed by atoms with van der Waals surface area (Å²) in [6.07, 6.45) is 5.03. The number of aliphatic carboxylic acids is 1. The van der Waals surface area contributed by atoms with E-state index in [0.717, 1.165) is 48.1 Å². The van der Waals surface area contributed by atoms with Crippen molar-refractivity contribution in [2.24, 2.45) is 0 Å². The maximum atomic E-state index is 13.5. The molecular formula is C27H33NO5S. The third kappa shape index (κ3) is 4.63.